The highest BCUT2D eigenvalue weighted by atomic mass is 16.3. The van der Waals surface area contributed by atoms with Crippen LogP contribution in [0.25, 0.3) is 0 Å². The van der Waals surface area contributed by atoms with Crippen molar-refractivity contribution in [3.8, 4) is 12.3 Å². The lowest BCUT2D eigenvalue weighted by Crippen LogP contribution is -2.49. The summed E-state index contributed by atoms with van der Waals surface area (Å²) in [5.74, 6) is 2.22. The average Bonchev–Trinajstić information content (AvgIpc) is 2.09. The van der Waals surface area contributed by atoms with Gasteiger partial charge >= 0.3 is 0 Å². The number of nitrogens with one attached hydrogen (secondary N) is 1. The maximum Gasteiger partial charge on any atom is 0.223 e. The van der Waals surface area contributed by atoms with E-state index in [1.807, 2.05) is 6.92 Å². The molecule has 13 heavy (non-hydrogen) atoms. The summed E-state index contributed by atoms with van der Waals surface area (Å²) in [5.41, 5.74) is -1.02. The normalized spacial score (nSPS) is 31.6. The first-order valence-corrected chi connectivity index (χ1v) is 4.59. The SMILES string of the molecule is C#CC1(O)CC(C(=O)NCCC)C1. The van der Waals surface area contributed by atoms with E-state index in [-0.39, 0.29) is 11.8 Å². The molecule has 0 aromatic carbocycles. The van der Waals surface area contributed by atoms with Gasteiger partial charge in [-0.3, -0.25) is 4.79 Å². The van der Waals surface area contributed by atoms with Crippen LogP contribution in [0.2, 0.25) is 0 Å². The lowest BCUT2D eigenvalue weighted by molar-refractivity contribution is -0.135. The highest BCUT2D eigenvalue weighted by Crippen LogP contribution is 2.37. The van der Waals surface area contributed by atoms with Crippen molar-refractivity contribution >= 4 is 5.91 Å². The Kier molecular flexibility index (Phi) is 2.94. The molecule has 1 saturated carbocycles. The predicted molar refractivity (Wildman–Crippen MR) is 49.8 cm³/mol. The summed E-state index contributed by atoms with van der Waals surface area (Å²) in [6.45, 7) is 2.70. The van der Waals surface area contributed by atoms with Crippen molar-refractivity contribution in [2.45, 2.75) is 31.8 Å². The summed E-state index contributed by atoms with van der Waals surface area (Å²) in [6.07, 6.45) is 6.83. The van der Waals surface area contributed by atoms with Crippen LogP contribution in [0.1, 0.15) is 26.2 Å². The molecule has 3 nitrogen and oxygen atoms in total. The van der Waals surface area contributed by atoms with Crippen LogP contribution >= 0.6 is 0 Å². The minimum Gasteiger partial charge on any atom is -0.378 e. The second kappa shape index (κ2) is 3.80. The second-order valence-corrected chi connectivity index (χ2v) is 3.57. The molecule has 0 aromatic rings. The highest BCUT2D eigenvalue weighted by molar-refractivity contribution is 5.80. The fourth-order valence-electron chi connectivity index (χ4n) is 1.45. The van der Waals surface area contributed by atoms with Gasteiger partial charge in [0.05, 0.1) is 0 Å². The molecule has 72 valence electrons. The molecule has 1 fully saturated rings. The molecule has 0 radical (unpaired) electrons. The summed E-state index contributed by atoms with van der Waals surface area (Å²) in [4.78, 5) is 11.3. The Labute approximate surface area is 78.5 Å². The Balaban J connectivity index is 2.28. The fourth-order valence-corrected chi connectivity index (χ4v) is 1.45. The van der Waals surface area contributed by atoms with Crippen LogP contribution < -0.4 is 5.32 Å². The van der Waals surface area contributed by atoms with Crippen LogP contribution in [0, 0.1) is 18.3 Å². The summed E-state index contributed by atoms with van der Waals surface area (Å²) < 4.78 is 0. The summed E-state index contributed by atoms with van der Waals surface area (Å²) in [5, 5.41) is 12.2. The van der Waals surface area contributed by atoms with Gasteiger partial charge in [0.2, 0.25) is 5.91 Å². The molecule has 0 aliphatic heterocycles. The molecular formula is C10H15NO2. The number of terminal acetylenes is 1. The van der Waals surface area contributed by atoms with E-state index in [4.69, 9.17) is 6.42 Å². The predicted octanol–water partition coefficient (Wildman–Crippen LogP) is 0.287. The number of hydrogen-bond acceptors (Lipinski definition) is 2. The minimum absolute atomic E-state index is 0.0155. The summed E-state index contributed by atoms with van der Waals surface area (Å²) >= 11 is 0. The highest BCUT2D eigenvalue weighted by Gasteiger charge is 2.44. The van der Waals surface area contributed by atoms with Gasteiger partial charge in [0, 0.05) is 12.5 Å². The van der Waals surface area contributed by atoms with Crippen LogP contribution in [-0.4, -0.2) is 23.2 Å². The Morgan fingerprint density at radius 2 is 2.38 bits per heavy atom. The molecule has 0 bridgehead atoms. The van der Waals surface area contributed by atoms with Gasteiger partial charge < -0.3 is 10.4 Å². The smallest absolute Gasteiger partial charge is 0.223 e. The molecular weight excluding hydrogens is 166 g/mol. The van der Waals surface area contributed by atoms with E-state index < -0.39 is 5.60 Å². The van der Waals surface area contributed by atoms with Gasteiger partial charge in [-0.05, 0) is 19.3 Å². The van der Waals surface area contributed by atoms with Crippen molar-refractivity contribution in [2.75, 3.05) is 6.54 Å². The first kappa shape index (κ1) is 10.1. The Morgan fingerprint density at radius 3 is 2.85 bits per heavy atom. The van der Waals surface area contributed by atoms with Gasteiger partial charge in [0.1, 0.15) is 5.60 Å². The zero-order valence-electron chi connectivity index (χ0n) is 7.84. The van der Waals surface area contributed by atoms with Crippen molar-refractivity contribution < 1.29 is 9.90 Å². The number of rotatable bonds is 3. The number of aliphatic hydroxyl groups is 1. The number of amides is 1. The zero-order chi connectivity index (χ0) is 9.90. The van der Waals surface area contributed by atoms with Crippen molar-refractivity contribution in [2.24, 2.45) is 5.92 Å². The largest absolute Gasteiger partial charge is 0.378 e. The quantitative estimate of drug-likeness (QED) is 0.615. The van der Waals surface area contributed by atoms with Crippen LogP contribution in [0.15, 0.2) is 0 Å². The molecule has 0 aromatic heterocycles. The molecule has 0 atom stereocenters. The Morgan fingerprint density at radius 1 is 1.77 bits per heavy atom. The molecule has 1 rings (SSSR count). The molecule has 1 aliphatic rings. The fraction of sp³-hybridized carbons (Fsp3) is 0.700. The minimum atomic E-state index is -1.02. The zero-order valence-corrected chi connectivity index (χ0v) is 7.84. The second-order valence-electron chi connectivity index (χ2n) is 3.57. The topological polar surface area (TPSA) is 49.3 Å². The number of hydrogen-bond donors (Lipinski definition) is 2. The monoisotopic (exact) mass is 181 g/mol. The van der Waals surface area contributed by atoms with Gasteiger partial charge in [-0.25, -0.2) is 0 Å². The lowest BCUT2D eigenvalue weighted by Gasteiger charge is -2.38. The third-order valence-electron chi connectivity index (χ3n) is 2.36. The van der Waals surface area contributed by atoms with E-state index >= 15 is 0 Å². The van der Waals surface area contributed by atoms with Gasteiger partial charge in [-0.2, -0.15) is 0 Å². The third kappa shape index (κ3) is 2.22. The molecule has 1 amide bonds. The Hall–Kier alpha value is -1.01. The molecule has 1 aliphatic carbocycles. The van der Waals surface area contributed by atoms with E-state index in [0.717, 1.165) is 6.42 Å². The van der Waals surface area contributed by atoms with E-state index in [2.05, 4.69) is 11.2 Å². The maximum absolute atomic E-state index is 11.3. The first-order chi connectivity index (χ1) is 6.11. The molecule has 0 saturated heterocycles. The Bertz CT molecular complexity index is 236. The van der Waals surface area contributed by atoms with Crippen molar-refractivity contribution in [1.82, 2.24) is 5.32 Å². The standard InChI is InChI=1S/C10H15NO2/c1-3-5-11-9(12)8-6-10(13,4-2)7-8/h2,8,13H,3,5-7H2,1H3,(H,11,12). The molecule has 0 heterocycles. The molecule has 0 spiro atoms. The third-order valence-corrected chi connectivity index (χ3v) is 2.36. The van der Waals surface area contributed by atoms with Crippen molar-refractivity contribution in [3.63, 3.8) is 0 Å². The summed E-state index contributed by atoms with van der Waals surface area (Å²) in [7, 11) is 0. The van der Waals surface area contributed by atoms with Crippen molar-refractivity contribution in [3.05, 3.63) is 0 Å². The van der Waals surface area contributed by atoms with E-state index in [9.17, 15) is 9.90 Å². The van der Waals surface area contributed by atoms with E-state index in [1.165, 1.54) is 0 Å². The average molecular weight is 181 g/mol. The first-order valence-electron chi connectivity index (χ1n) is 4.59. The van der Waals surface area contributed by atoms with Crippen LogP contribution in [0.5, 0.6) is 0 Å². The van der Waals surface area contributed by atoms with E-state index in [1.54, 1.807) is 0 Å². The number of carbonyl (C=O) groups excluding carboxylic acids is 1. The van der Waals surface area contributed by atoms with E-state index in [0.29, 0.717) is 19.4 Å². The van der Waals surface area contributed by atoms with Gasteiger partial charge in [0.25, 0.3) is 0 Å². The lowest BCUT2D eigenvalue weighted by atomic mass is 9.71. The molecule has 3 heteroatoms. The van der Waals surface area contributed by atoms with Crippen LogP contribution in [0.3, 0.4) is 0 Å². The van der Waals surface area contributed by atoms with Gasteiger partial charge in [0.15, 0.2) is 0 Å². The maximum atomic E-state index is 11.3. The van der Waals surface area contributed by atoms with Gasteiger partial charge in [-0.15, -0.1) is 6.42 Å². The number of carbonyl (C=O) groups is 1. The summed E-state index contributed by atoms with van der Waals surface area (Å²) in [6, 6.07) is 0. The van der Waals surface area contributed by atoms with Crippen LogP contribution in [0.4, 0.5) is 0 Å². The van der Waals surface area contributed by atoms with Crippen molar-refractivity contribution in [1.29, 1.82) is 0 Å². The van der Waals surface area contributed by atoms with Gasteiger partial charge in [-0.1, -0.05) is 12.8 Å². The molecule has 0 unspecified atom stereocenters. The molecule has 2 N–H and O–H groups in total. The van der Waals surface area contributed by atoms with Crippen LogP contribution in [-0.2, 0) is 4.79 Å².